The second-order valence-corrected chi connectivity index (χ2v) is 8.41. The van der Waals surface area contributed by atoms with Crippen molar-refractivity contribution in [2.75, 3.05) is 18.0 Å². The van der Waals surface area contributed by atoms with Gasteiger partial charge in [0.25, 0.3) is 0 Å². The summed E-state index contributed by atoms with van der Waals surface area (Å²) in [5.41, 5.74) is 3.60. The van der Waals surface area contributed by atoms with E-state index in [1.807, 2.05) is 12.1 Å². The molecule has 7 heteroatoms. The molecule has 0 bridgehead atoms. The molecule has 148 valence electrons. The van der Waals surface area contributed by atoms with Gasteiger partial charge in [0.1, 0.15) is 5.82 Å². The van der Waals surface area contributed by atoms with Crippen LogP contribution in [0.25, 0.3) is 11.4 Å². The maximum absolute atomic E-state index is 5.48. The first-order chi connectivity index (χ1) is 14.3. The highest BCUT2D eigenvalue weighted by atomic mass is 16.5. The van der Waals surface area contributed by atoms with Crippen LogP contribution >= 0.6 is 0 Å². The molecule has 4 heterocycles. The van der Waals surface area contributed by atoms with Crippen molar-refractivity contribution in [3.8, 4) is 11.4 Å². The van der Waals surface area contributed by atoms with Gasteiger partial charge >= 0.3 is 0 Å². The lowest BCUT2D eigenvalue weighted by Crippen LogP contribution is -2.34. The van der Waals surface area contributed by atoms with Gasteiger partial charge in [0, 0.05) is 54.1 Å². The number of rotatable bonds is 4. The molecule has 3 aromatic rings. The minimum absolute atomic E-state index is 0.386. The smallest absolute Gasteiger partial charge is 0.229 e. The van der Waals surface area contributed by atoms with Crippen molar-refractivity contribution in [1.29, 1.82) is 0 Å². The maximum atomic E-state index is 5.48. The molecule has 6 rings (SSSR count). The van der Waals surface area contributed by atoms with Crippen LogP contribution in [0.4, 0.5) is 5.82 Å². The van der Waals surface area contributed by atoms with Crippen molar-refractivity contribution >= 4 is 5.82 Å². The standard InChI is InChI=1S/C22H24N6O/c1-2-17-18(3-1)24-19(14-6-10-23-11-7-14)25-21(17)28-12-8-15(9-13-28)20-26-22(29-27-20)16-4-5-16/h6-7,10-11,15-16H,1-5,8-9,12-13H2. The Bertz CT molecular complexity index is 1020. The Kier molecular flexibility index (Phi) is 4.06. The zero-order valence-corrected chi connectivity index (χ0v) is 16.4. The summed E-state index contributed by atoms with van der Waals surface area (Å²) in [6.07, 6.45) is 11.4. The van der Waals surface area contributed by atoms with Crippen molar-refractivity contribution < 1.29 is 4.52 Å². The SMILES string of the molecule is c1cc(-c2nc3c(c(N4CCC(c5noc(C6CC6)n5)CC4)n2)CCC3)ccn1. The van der Waals surface area contributed by atoms with Crippen LogP contribution in [0.1, 0.15) is 66.9 Å². The zero-order valence-electron chi connectivity index (χ0n) is 16.4. The highest BCUT2D eigenvalue weighted by Crippen LogP contribution is 2.40. The van der Waals surface area contributed by atoms with Gasteiger partial charge in [-0.05, 0) is 57.1 Å². The van der Waals surface area contributed by atoms with Gasteiger partial charge in [-0.3, -0.25) is 4.98 Å². The van der Waals surface area contributed by atoms with Crippen LogP contribution in [0.2, 0.25) is 0 Å². The summed E-state index contributed by atoms with van der Waals surface area (Å²) in [6.45, 7) is 1.94. The summed E-state index contributed by atoms with van der Waals surface area (Å²) >= 11 is 0. The van der Waals surface area contributed by atoms with Gasteiger partial charge in [0.15, 0.2) is 11.6 Å². The van der Waals surface area contributed by atoms with E-state index in [-0.39, 0.29) is 0 Å². The second-order valence-electron chi connectivity index (χ2n) is 8.41. The Hall–Kier alpha value is -2.83. The Morgan fingerprint density at radius 1 is 0.897 bits per heavy atom. The van der Waals surface area contributed by atoms with Crippen molar-refractivity contribution in [1.82, 2.24) is 25.1 Å². The molecule has 3 aliphatic rings. The lowest BCUT2D eigenvalue weighted by molar-refractivity contribution is 0.364. The molecule has 1 aliphatic heterocycles. The molecule has 7 nitrogen and oxygen atoms in total. The van der Waals surface area contributed by atoms with E-state index in [1.54, 1.807) is 12.4 Å². The monoisotopic (exact) mass is 388 g/mol. The molecule has 2 fully saturated rings. The van der Waals surface area contributed by atoms with Crippen LogP contribution in [0.5, 0.6) is 0 Å². The van der Waals surface area contributed by atoms with Crippen LogP contribution in [0, 0.1) is 0 Å². The van der Waals surface area contributed by atoms with Gasteiger partial charge < -0.3 is 9.42 Å². The van der Waals surface area contributed by atoms with Crippen molar-refractivity contribution in [2.45, 2.75) is 56.8 Å². The molecule has 0 spiro atoms. The number of fused-ring (bicyclic) bond motifs is 1. The van der Waals surface area contributed by atoms with E-state index in [2.05, 4.69) is 20.0 Å². The Morgan fingerprint density at radius 3 is 2.52 bits per heavy atom. The van der Waals surface area contributed by atoms with Crippen LogP contribution in [-0.4, -0.2) is 38.2 Å². The molecule has 1 saturated carbocycles. The minimum Gasteiger partial charge on any atom is -0.356 e. The molecule has 0 radical (unpaired) electrons. The molecular weight excluding hydrogens is 364 g/mol. The van der Waals surface area contributed by atoms with Crippen LogP contribution < -0.4 is 4.90 Å². The minimum atomic E-state index is 0.386. The number of nitrogens with zero attached hydrogens (tertiary/aromatic N) is 6. The molecule has 2 aliphatic carbocycles. The Morgan fingerprint density at radius 2 is 1.72 bits per heavy atom. The molecule has 0 unspecified atom stereocenters. The number of piperidine rings is 1. The molecule has 29 heavy (non-hydrogen) atoms. The molecule has 0 atom stereocenters. The topological polar surface area (TPSA) is 80.8 Å². The number of aryl methyl sites for hydroxylation is 1. The maximum Gasteiger partial charge on any atom is 0.229 e. The Balaban J connectivity index is 1.24. The molecular formula is C22H24N6O. The third-order valence-electron chi connectivity index (χ3n) is 6.39. The number of hydrogen-bond acceptors (Lipinski definition) is 7. The first kappa shape index (κ1) is 17.1. The normalized spacial score (nSPS) is 19.5. The highest BCUT2D eigenvalue weighted by Gasteiger charge is 2.33. The molecule has 1 saturated heterocycles. The van der Waals surface area contributed by atoms with Gasteiger partial charge in [-0.15, -0.1) is 0 Å². The lowest BCUT2D eigenvalue weighted by atomic mass is 9.96. The van der Waals surface area contributed by atoms with Crippen molar-refractivity contribution in [3.63, 3.8) is 0 Å². The van der Waals surface area contributed by atoms with E-state index in [9.17, 15) is 0 Å². The largest absolute Gasteiger partial charge is 0.356 e. The van der Waals surface area contributed by atoms with Crippen LogP contribution in [0.15, 0.2) is 29.0 Å². The highest BCUT2D eigenvalue weighted by molar-refractivity contribution is 5.61. The molecule has 3 aromatic heterocycles. The van der Waals surface area contributed by atoms with E-state index in [0.717, 1.165) is 67.7 Å². The summed E-state index contributed by atoms with van der Waals surface area (Å²) in [5.74, 6) is 4.60. The van der Waals surface area contributed by atoms with E-state index < -0.39 is 0 Å². The summed E-state index contributed by atoms with van der Waals surface area (Å²) in [6, 6.07) is 3.97. The van der Waals surface area contributed by atoms with Crippen molar-refractivity contribution in [2.24, 2.45) is 0 Å². The van der Waals surface area contributed by atoms with Gasteiger partial charge in [0.2, 0.25) is 5.89 Å². The number of anilines is 1. The van der Waals surface area contributed by atoms with Crippen LogP contribution in [0.3, 0.4) is 0 Å². The molecule has 0 N–H and O–H groups in total. The van der Waals surface area contributed by atoms with E-state index >= 15 is 0 Å². The summed E-state index contributed by atoms with van der Waals surface area (Å²) in [4.78, 5) is 21.1. The third kappa shape index (κ3) is 3.18. The lowest BCUT2D eigenvalue weighted by Gasteiger charge is -2.32. The fourth-order valence-electron chi connectivity index (χ4n) is 4.56. The quantitative estimate of drug-likeness (QED) is 0.674. The predicted molar refractivity (Wildman–Crippen MR) is 108 cm³/mol. The van der Waals surface area contributed by atoms with E-state index in [1.165, 1.54) is 30.5 Å². The predicted octanol–water partition coefficient (Wildman–Crippen LogP) is 3.67. The third-order valence-corrected chi connectivity index (χ3v) is 6.39. The second kappa shape index (κ2) is 6.90. The summed E-state index contributed by atoms with van der Waals surface area (Å²) in [7, 11) is 0. The van der Waals surface area contributed by atoms with Gasteiger partial charge in [-0.25, -0.2) is 9.97 Å². The summed E-state index contributed by atoms with van der Waals surface area (Å²) in [5, 5.41) is 4.27. The summed E-state index contributed by atoms with van der Waals surface area (Å²) < 4.78 is 5.48. The van der Waals surface area contributed by atoms with Gasteiger partial charge in [-0.2, -0.15) is 4.98 Å². The number of hydrogen-bond donors (Lipinski definition) is 0. The van der Waals surface area contributed by atoms with E-state index in [4.69, 9.17) is 14.5 Å². The molecule has 0 aromatic carbocycles. The zero-order chi connectivity index (χ0) is 19.2. The molecule has 0 amide bonds. The average Bonchev–Trinajstić information content (AvgIpc) is 3.31. The van der Waals surface area contributed by atoms with E-state index in [0.29, 0.717) is 11.8 Å². The van der Waals surface area contributed by atoms with Gasteiger partial charge in [0.05, 0.1) is 0 Å². The average molecular weight is 388 g/mol. The first-order valence-corrected chi connectivity index (χ1v) is 10.7. The van der Waals surface area contributed by atoms with Gasteiger partial charge in [-0.1, -0.05) is 5.16 Å². The fraction of sp³-hybridized carbons (Fsp3) is 0.500. The fourth-order valence-corrected chi connectivity index (χ4v) is 4.56. The first-order valence-electron chi connectivity index (χ1n) is 10.7. The number of aromatic nitrogens is 5. The Labute approximate surface area is 169 Å². The van der Waals surface area contributed by atoms with Crippen molar-refractivity contribution in [3.05, 3.63) is 47.5 Å². The number of pyridine rings is 1. The van der Waals surface area contributed by atoms with Crippen LogP contribution in [-0.2, 0) is 12.8 Å².